The Morgan fingerprint density at radius 3 is 2.46 bits per heavy atom. The molecule has 1 N–H and O–H groups in total. The number of anilines is 1. The smallest absolute Gasteiger partial charge is 0.356 e. The Bertz CT molecular complexity index is 956. The molecule has 3 aromatic rings. The van der Waals surface area contributed by atoms with Crippen molar-refractivity contribution in [1.29, 1.82) is 0 Å². The van der Waals surface area contributed by atoms with Crippen LogP contribution in [0.2, 0.25) is 0 Å². The van der Waals surface area contributed by atoms with Gasteiger partial charge in [0.1, 0.15) is 5.69 Å². The number of hydrogen-bond acceptors (Lipinski definition) is 5. The SMILES string of the molecule is COC(=O)c1ccc(NC(=O)c2cncc(-c3ccccc3)c2)c(C)n1. The molecule has 3 rings (SSSR count). The van der Waals surface area contributed by atoms with Crippen LogP contribution < -0.4 is 5.32 Å². The lowest BCUT2D eigenvalue weighted by atomic mass is 10.1. The number of esters is 1. The highest BCUT2D eigenvalue weighted by atomic mass is 16.5. The minimum atomic E-state index is -0.522. The van der Waals surface area contributed by atoms with Gasteiger partial charge in [0.15, 0.2) is 0 Å². The summed E-state index contributed by atoms with van der Waals surface area (Å²) in [6.07, 6.45) is 3.22. The standard InChI is InChI=1S/C20H17N3O3/c1-13-17(8-9-18(22-13)20(25)26-2)23-19(24)16-10-15(11-21-12-16)14-6-4-3-5-7-14/h3-12H,1-2H3,(H,23,24). The van der Waals surface area contributed by atoms with Gasteiger partial charge in [0.2, 0.25) is 0 Å². The maximum absolute atomic E-state index is 12.6. The van der Waals surface area contributed by atoms with E-state index in [4.69, 9.17) is 0 Å². The molecule has 0 saturated heterocycles. The number of nitrogens with one attached hydrogen (secondary N) is 1. The molecule has 0 fully saturated rings. The first-order valence-electron chi connectivity index (χ1n) is 7.96. The van der Waals surface area contributed by atoms with Gasteiger partial charge in [-0.25, -0.2) is 9.78 Å². The van der Waals surface area contributed by atoms with Crippen LogP contribution in [0.5, 0.6) is 0 Å². The van der Waals surface area contributed by atoms with Crippen molar-refractivity contribution in [2.75, 3.05) is 12.4 Å². The predicted molar refractivity (Wildman–Crippen MR) is 97.9 cm³/mol. The topological polar surface area (TPSA) is 81.2 Å². The summed E-state index contributed by atoms with van der Waals surface area (Å²) < 4.78 is 4.64. The molecule has 1 amide bonds. The van der Waals surface area contributed by atoms with Crippen LogP contribution in [0, 0.1) is 6.92 Å². The second-order valence-electron chi connectivity index (χ2n) is 5.60. The van der Waals surface area contributed by atoms with Gasteiger partial charge in [-0.2, -0.15) is 0 Å². The Morgan fingerprint density at radius 2 is 1.77 bits per heavy atom. The first-order chi connectivity index (χ1) is 12.6. The van der Waals surface area contributed by atoms with Crippen molar-refractivity contribution in [3.63, 3.8) is 0 Å². The molecule has 0 atom stereocenters. The number of nitrogens with zero attached hydrogens (tertiary/aromatic N) is 2. The number of hydrogen-bond donors (Lipinski definition) is 1. The van der Waals surface area contributed by atoms with Crippen molar-refractivity contribution in [1.82, 2.24) is 9.97 Å². The third-order valence-electron chi connectivity index (χ3n) is 3.84. The Hall–Kier alpha value is -3.54. The van der Waals surface area contributed by atoms with Gasteiger partial charge < -0.3 is 10.1 Å². The number of aromatic nitrogens is 2. The molecule has 0 aliphatic carbocycles. The highest BCUT2D eigenvalue weighted by Gasteiger charge is 2.13. The third kappa shape index (κ3) is 3.75. The van der Waals surface area contributed by atoms with Gasteiger partial charge in [0, 0.05) is 18.0 Å². The summed E-state index contributed by atoms with van der Waals surface area (Å²) in [6, 6.07) is 14.6. The van der Waals surface area contributed by atoms with E-state index in [0.717, 1.165) is 11.1 Å². The van der Waals surface area contributed by atoms with Gasteiger partial charge in [-0.15, -0.1) is 0 Å². The van der Waals surface area contributed by atoms with Crippen molar-refractivity contribution in [3.8, 4) is 11.1 Å². The Kier molecular flexibility index (Phi) is 5.03. The monoisotopic (exact) mass is 347 g/mol. The quantitative estimate of drug-likeness (QED) is 0.731. The summed E-state index contributed by atoms with van der Waals surface area (Å²) in [5, 5.41) is 2.80. The Balaban J connectivity index is 1.82. The zero-order valence-corrected chi connectivity index (χ0v) is 14.4. The van der Waals surface area contributed by atoms with Gasteiger partial charge in [0.05, 0.1) is 24.1 Å². The largest absolute Gasteiger partial charge is 0.464 e. The fraction of sp³-hybridized carbons (Fsp3) is 0.100. The van der Waals surface area contributed by atoms with Gasteiger partial charge in [-0.05, 0) is 30.7 Å². The van der Waals surface area contributed by atoms with Crippen LogP contribution in [0.4, 0.5) is 5.69 Å². The molecule has 0 bridgehead atoms. The fourth-order valence-corrected chi connectivity index (χ4v) is 2.46. The number of benzene rings is 1. The van der Waals surface area contributed by atoms with Crippen LogP contribution in [0.25, 0.3) is 11.1 Å². The molecule has 0 spiro atoms. The maximum Gasteiger partial charge on any atom is 0.356 e. The molecule has 6 nitrogen and oxygen atoms in total. The normalized spacial score (nSPS) is 10.2. The number of carbonyl (C=O) groups excluding carboxylic acids is 2. The number of ether oxygens (including phenoxy) is 1. The van der Waals surface area contributed by atoms with E-state index in [9.17, 15) is 9.59 Å². The summed E-state index contributed by atoms with van der Waals surface area (Å²) in [5.74, 6) is -0.822. The average molecular weight is 347 g/mol. The second-order valence-corrected chi connectivity index (χ2v) is 5.60. The number of carbonyl (C=O) groups is 2. The lowest BCUT2D eigenvalue weighted by molar-refractivity contribution is 0.0593. The zero-order valence-electron chi connectivity index (χ0n) is 14.4. The van der Waals surface area contributed by atoms with Crippen molar-refractivity contribution in [2.24, 2.45) is 0 Å². The fourth-order valence-electron chi connectivity index (χ4n) is 2.46. The Morgan fingerprint density at radius 1 is 1.00 bits per heavy atom. The highest BCUT2D eigenvalue weighted by Crippen LogP contribution is 2.20. The molecular formula is C20H17N3O3. The van der Waals surface area contributed by atoms with E-state index >= 15 is 0 Å². The molecule has 2 aromatic heterocycles. The third-order valence-corrected chi connectivity index (χ3v) is 3.84. The molecule has 0 unspecified atom stereocenters. The van der Waals surface area contributed by atoms with E-state index < -0.39 is 5.97 Å². The molecule has 2 heterocycles. The molecule has 0 saturated carbocycles. The van der Waals surface area contributed by atoms with Crippen LogP contribution >= 0.6 is 0 Å². The average Bonchev–Trinajstić information content (AvgIpc) is 2.69. The van der Waals surface area contributed by atoms with E-state index in [1.807, 2.05) is 30.3 Å². The first-order valence-corrected chi connectivity index (χ1v) is 7.96. The zero-order chi connectivity index (χ0) is 18.5. The Labute approximate surface area is 150 Å². The number of amides is 1. The van der Waals surface area contributed by atoms with E-state index in [2.05, 4.69) is 20.0 Å². The maximum atomic E-state index is 12.6. The summed E-state index contributed by atoms with van der Waals surface area (Å²) in [4.78, 5) is 32.4. The van der Waals surface area contributed by atoms with Crippen LogP contribution in [0.15, 0.2) is 60.9 Å². The van der Waals surface area contributed by atoms with Crippen molar-refractivity contribution in [3.05, 3.63) is 77.9 Å². The van der Waals surface area contributed by atoms with Gasteiger partial charge >= 0.3 is 5.97 Å². The van der Waals surface area contributed by atoms with E-state index in [1.165, 1.54) is 19.4 Å². The van der Waals surface area contributed by atoms with Crippen LogP contribution in [-0.2, 0) is 4.74 Å². The second kappa shape index (κ2) is 7.57. The number of pyridine rings is 2. The van der Waals surface area contributed by atoms with Gasteiger partial charge in [-0.1, -0.05) is 30.3 Å². The van der Waals surface area contributed by atoms with Crippen LogP contribution in [0.3, 0.4) is 0 Å². The highest BCUT2D eigenvalue weighted by molar-refractivity contribution is 6.05. The summed E-state index contributed by atoms with van der Waals surface area (Å²) in [5.41, 5.74) is 3.50. The summed E-state index contributed by atoms with van der Waals surface area (Å²) in [6.45, 7) is 1.71. The van der Waals surface area contributed by atoms with Crippen LogP contribution in [-0.4, -0.2) is 29.0 Å². The predicted octanol–water partition coefficient (Wildman–Crippen LogP) is 3.49. The van der Waals surface area contributed by atoms with E-state index in [0.29, 0.717) is 16.9 Å². The minimum Gasteiger partial charge on any atom is -0.464 e. The van der Waals surface area contributed by atoms with Gasteiger partial charge in [0.25, 0.3) is 5.91 Å². The molecular weight excluding hydrogens is 330 g/mol. The van der Waals surface area contributed by atoms with Crippen molar-refractivity contribution < 1.29 is 14.3 Å². The first kappa shape index (κ1) is 17.3. The molecule has 6 heteroatoms. The lowest BCUT2D eigenvalue weighted by Crippen LogP contribution is -2.14. The summed E-state index contributed by atoms with van der Waals surface area (Å²) in [7, 11) is 1.29. The lowest BCUT2D eigenvalue weighted by Gasteiger charge is -2.10. The van der Waals surface area contributed by atoms with Gasteiger partial charge in [-0.3, -0.25) is 9.78 Å². The molecule has 130 valence electrons. The number of methoxy groups -OCH3 is 1. The number of rotatable bonds is 4. The molecule has 0 aliphatic rings. The molecule has 0 aliphatic heterocycles. The molecule has 0 radical (unpaired) electrons. The minimum absolute atomic E-state index is 0.191. The summed E-state index contributed by atoms with van der Waals surface area (Å²) >= 11 is 0. The van der Waals surface area contributed by atoms with E-state index in [1.54, 1.807) is 25.3 Å². The number of aryl methyl sites for hydroxylation is 1. The van der Waals surface area contributed by atoms with Crippen molar-refractivity contribution in [2.45, 2.75) is 6.92 Å². The molecule has 1 aromatic carbocycles. The molecule has 26 heavy (non-hydrogen) atoms. The van der Waals surface area contributed by atoms with Crippen molar-refractivity contribution >= 4 is 17.6 Å². The van der Waals surface area contributed by atoms with Crippen LogP contribution in [0.1, 0.15) is 26.5 Å². The van der Waals surface area contributed by atoms with E-state index in [-0.39, 0.29) is 11.6 Å².